The predicted molar refractivity (Wildman–Crippen MR) is 48.2 cm³/mol. The minimum atomic E-state index is -0.840. The summed E-state index contributed by atoms with van der Waals surface area (Å²) in [6.45, 7) is 3.51. The van der Waals surface area contributed by atoms with Crippen LogP contribution in [0.3, 0.4) is 0 Å². The molecule has 0 fully saturated rings. The number of anilines is 1. The first-order valence-corrected chi connectivity index (χ1v) is 3.95. The number of nitrogens with two attached hydrogens (primary N) is 1. The second-order valence-corrected chi connectivity index (χ2v) is 3.22. The Labute approximate surface area is 75.6 Å². The van der Waals surface area contributed by atoms with Crippen LogP contribution in [-0.2, 0) is 0 Å². The number of nitrogen functional groups attached to an aromatic ring is 1. The highest BCUT2D eigenvalue weighted by Crippen LogP contribution is 2.37. The lowest BCUT2D eigenvalue weighted by Gasteiger charge is -2.12. The first kappa shape index (κ1) is 9.64. The Morgan fingerprint density at radius 2 is 1.92 bits per heavy atom. The number of aromatic hydroxyl groups is 2. The van der Waals surface area contributed by atoms with E-state index in [0.717, 1.165) is 6.07 Å². The molecule has 0 unspecified atom stereocenters. The Hall–Kier alpha value is -1.45. The first-order valence-electron chi connectivity index (χ1n) is 3.95. The van der Waals surface area contributed by atoms with E-state index in [1.165, 1.54) is 0 Å². The van der Waals surface area contributed by atoms with Gasteiger partial charge in [0.15, 0.2) is 17.3 Å². The Kier molecular flexibility index (Phi) is 2.32. The summed E-state index contributed by atoms with van der Waals surface area (Å²) >= 11 is 0. The molecule has 0 atom stereocenters. The minimum Gasteiger partial charge on any atom is -0.504 e. The lowest BCUT2D eigenvalue weighted by atomic mass is 10.00. The average molecular weight is 185 g/mol. The lowest BCUT2D eigenvalue weighted by Crippen LogP contribution is -2.00. The normalized spacial score (nSPS) is 10.8. The zero-order chi connectivity index (χ0) is 10.2. The van der Waals surface area contributed by atoms with Crippen LogP contribution in [0.4, 0.5) is 10.1 Å². The highest BCUT2D eigenvalue weighted by atomic mass is 19.1. The van der Waals surface area contributed by atoms with E-state index < -0.39 is 17.3 Å². The smallest absolute Gasteiger partial charge is 0.194 e. The maximum absolute atomic E-state index is 13.3. The Bertz CT molecular complexity index is 337. The average Bonchev–Trinajstić information content (AvgIpc) is 1.99. The van der Waals surface area contributed by atoms with Crippen molar-refractivity contribution in [2.24, 2.45) is 0 Å². The fourth-order valence-electron chi connectivity index (χ4n) is 1.25. The predicted octanol–water partition coefficient (Wildman–Crippen LogP) is 1.94. The number of halogens is 1. The van der Waals surface area contributed by atoms with Gasteiger partial charge >= 0.3 is 0 Å². The molecule has 0 heterocycles. The number of hydrogen-bond acceptors (Lipinski definition) is 3. The van der Waals surface area contributed by atoms with E-state index in [9.17, 15) is 4.39 Å². The van der Waals surface area contributed by atoms with Gasteiger partial charge in [0.1, 0.15) is 0 Å². The third kappa shape index (κ3) is 1.52. The van der Waals surface area contributed by atoms with Crippen LogP contribution < -0.4 is 5.73 Å². The van der Waals surface area contributed by atoms with E-state index in [0.29, 0.717) is 0 Å². The molecule has 0 aliphatic rings. The number of benzene rings is 1. The van der Waals surface area contributed by atoms with Crippen molar-refractivity contribution in [3.05, 3.63) is 17.4 Å². The highest BCUT2D eigenvalue weighted by Gasteiger charge is 2.17. The largest absolute Gasteiger partial charge is 0.504 e. The van der Waals surface area contributed by atoms with Crippen LogP contribution in [0.25, 0.3) is 0 Å². The van der Waals surface area contributed by atoms with E-state index in [1.807, 2.05) is 0 Å². The van der Waals surface area contributed by atoms with Crippen LogP contribution in [0.5, 0.6) is 11.5 Å². The molecule has 0 radical (unpaired) electrons. The number of rotatable bonds is 1. The summed E-state index contributed by atoms with van der Waals surface area (Å²) in [5.74, 6) is -2.24. The van der Waals surface area contributed by atoms with Crippen LogP contribution in [-0.4, -0.2) is 10.2 Å². The van der Waals surface area contributed by atoms with E-state index in [2.05, 4.69) is 0 Å². The maximum atomic E-state index is 13.3. The van der Waals surface area contributed by atoms with Crippen molar-refractivity contribution in [1.82, 2.24) is 0 Å². The van der Waals surface area contributed by atoms with Crippen molar-refractivity contribution >= 4 is 5.69 Å². The minimum absolute atomic E-state index is 0.133. The number of phenols is 2. The van der Waals surface area contributed by atoms with Gasteiger partial charge in [-0.15, -0.1) is 0 Å². The topological polar surface area (TPSA) is 66.5 Å². The van der Waals surface area contributed by atoms with Crippen molar-refractivity contribution in [3.63, 3.8) is 0 Å². The fourth-order valence-corrected chi connectivity index (χ4v) is 1.25. The van der Waals surface area contributed by atoms with Gasteiger partial charge in [0.25, 0.3) is 0 Å². The lowest BCUT2D eigenvalue weighted by molar-refractivity contribution is 0.376. The molecule has 0 aromatic heterocycles. The molecule has 0 saturated carbocycles. The molecule has 3 nitrogen and oxygen atoms in total. The Balaban J connectivity index is 3.44. The van der Waals surface area contributed by atoms with Gasteiger partial charge in [0.2, 0.25) is 0 Å². The molecule has 72 valence electrons. The van der Waals surface area contributed by atoms with Gasteiger partial charge in [0.05, 0.1) is 0 Å². The molecule has 1 rings (SSSR count). The van der Waals surface area contributed by atoms with Crippen molar-refractivity contribution in [3.8, 4) is 11.5 Å². The SMILES string of the molecule is CC(C)c1c(N)cc(O)c(O)c1F. The molecule has 0 aliphatic heterocycles. The van der Waals surface area contributed by atoms with Gasteiger partial charge in [-0.3, -0.25) is 0 Å². The number of hydrogen-bond donors (Lipinski definition) is 3. The van der Waals surface area contributed by atoms with Gasteiger partial charge in [-0.1, -0.05) is 13.8 Å². The second-order valence-electron chi connectivity index (χ2n) is 3.22. The molecule has 4 N–H and O–H groups in total. The Morgan fingerprint density at radius 3 is 2.38 bits per heavy atom. The summed E-state index contributed by atoms with van der Waals surface area (Å²) in [5.41, 5.74) is 5.87. The van der Waals surface area contributed by atoms with Gasteiger partial charge < -0.3 is 15.9 Å². The third-order valence-electron chi connectivity index (χ3n) is 1.87. The summed E-state index contributed by atoms with van der Waals surface area (Å²) in [6.07, 6.45) is 0. The summed E-state index contributed by atoms with van der Waals surface area (Å²) in [6, 6.07) is 1.15. The van der Waals surface area contributed by atoms with Crippen molar-refractivity contribution in [2.75, 3.05) is 5.73 Å². The maximum Gasteiger partial charge on any atom is 0.194 e. The fraction of sp³-hybridized carbons (Fsp3) is 0.333. The highest BCUT2D eigenvalue weighted by molar-refractivity contribution is 5.58. The molecule has 0 spiro atoms. The Morgan fingerprint density at radius 1 is 1.38 bits per heavy atom. The molecule has 0 aliphatic carbocycles. The zero-order valence-corrected chi connectivity index (χ0v) is 7.50. The van der Waals surface area contributed by atoms with Crippen molar-refractivity contribution < 1.29 is 14.6 Å². The van der Waals surface area contributed by atoms with Gasteiger partial charge in [0, 0.05) is 17.3 Å². The molecule has 1 aromatic rings. The first-order chi connectivity index (χ1) is 5.95. The molecular formula is C9H12FNO2. The van der Waals surface area contributed by atoms with Gasteiger partial charge in [-0.2, -0.15) is 0 Å². The van der Waals surface area contributed by atoms with Crippen LogP contribution >= 0.6 is 0 Å². The van der Waals surface area contributed by atoms with Crippen LogP contribution in [0, 0.1) is 5.82 Å². The monoisotopic (exact) mass is 185 g/mol. The zero-order valence-electron chi connectivity index (χ0n) is 7.50. The van der Waals surface area contributed by atoms with Crippen LogP contribution in [0.15, 0.2) is 6.07 Å². The molecule has 0 saturated heterocycles. The number of phenolic OH excluding ortho intramolecular Hbond substituents is 2. The molecule has 4 heteroatoms. The van der Waals surface area contributed by atoms with Crippen LogP contribution in [0.2, 0.25) is 0 Å². The van der Waals surface area contributed by atoms with Gasteiger partial charge in [-0.25, -0.2) is 4.39 Å². The van der Waals surface area contributed by atoms with Crippen molar-refractivity contribution in [2.45, 2.75) is 19.8 Å². The molecule has 13 heavy (non-hydrogen) atoms. The molecule has 0 amide bonds. The summed E-state index contributed by atoms with van der Waals surface area (Å²) < 4.78 is 13.3. The summed E-state index contributed by atoms with van der Waals surface area (Å²) in [5, 5.41) is 18.1. The second kappa shape index (κ2) is 3.12. The van der Waals surface area contributed by atoms with E-state index in [-0.39, 0.29) is 17.2 Å². The summed E-state index contributed by atoms with van der Waals surface area (Å²) in [7, 11) is 0. The third-order valence-corrected chi connectivity index (χ3v) is 1.87. The molecule has 1 aromatic carbocycles. The van der Waals surface area contributed by atoms with E-state index in [4.69, 9.17) is 15.9 Å². The van der Waals surface area contributed by atoms with Gasteiger partial charge in [-0.05, 0) is 5.92 Å². The van der Waals surface area contributed by atoms with E-state index in [1.54, 1.807) is 13.8 Å². The van der Waals surface area contributed by atoms with Crippen LogP contribution in [0.1, 0.15) is 25.3 Å². The summed E-state index contributed by atoms with van der Waals surface area (Å²) in [4.78, 5) is 0. The molecular weight excluding hydrogens is 173 g/mol. The molecule has 0 bridgehead atoms. The van der Waals surface area contributed by atoms with Crippen molar-refractivity contribution in [1.29, 1.82) is 0 Å². The quantitative estimate of drug-likeness (QED) is 0.356. The standard InChI is InChI=1S/C9H12FNO2/c1-4(2)7-5(11)3-6(12)9(13)8(7)10/h3-4,12-13H,11H2,1-2H3. The van der Waals surface area contributed by atoms with E-state index >= 15 is 0 Å².